The highest BCUT2D eigenvalue weighted by Crippen LogP contribution is 2.33. The summed E-state index contributed by atoms with van der Waals surface area (Å²) in [5.41, 5.74) is 0. The number of carbonyl (C=O) groups excluding carboxylic acids is 2. The second-order valence-corrected chi connectivity index (χ2v) is 5.49. The molecule has 3 atom stereocenters. The number of hydrogen-bond donors (Lipinski definition) is 1. The molecule has 0 spiro atoms. The van der Waals surface area contributed by atoms with Crippen LogP contribution in [0.15, 0.2) is 0 Å². The molecular weight excluding hydrogens is 242 g/mol. The maximum absolute atomic E-state index is 12.3. The van der Waals surface area contributed by atoms with Gasteiger partial charge in [0, 0.05) is 12.5 Å². The second-order valence-electron chi connectivity index (χ2n) is 5.49. The van der Waals surface area contributed by atoms with Gasteiger partial charge >= 0.3 is 0 Å². The van der Waals surface area contributed by atoms with Crippen LogP contribution in [0.3, 0.4) is 0 Å². The van der Waals surface area contributed by atoms with E-state index in [9.17, 15) is 9.59 Å². The molecule has 2 rings (SSSR count). The summed E-state index contributed by atoms with van der Waals surface area (Å²) in [6, 6.07) is 0.0741. The molecule has 2 amide bonds. The largest absolute Gasteiger partial charge is 0.339 e. The van der Waals surface area contributed by atoms with Crippen LogP contribution in [0.25, 0.3) is 0 Å². The molecule has 2 fully saturated rings. The summed E-state index contributed by atoms with van der Waals surface area (Å²) in [7, 11) is 0. The van der Waals surface area contributed by atoms with E-state index in [0.29, 0.717) is 12.5 Å². The lowest BCUT2D eigenvalue weighted by Gasteiger charge is -2.30. The van der Waals surface area contributed by atoms with Crippen LogP contribution in [0.1, 0.15) is 46.5 Å². The zero-order valence-electron chi connectivity index (χ0n) is 12.2. The Labute approximate surface area is 115 Å². The molecule has 19 heavy (non-hydrogen) atoms. The van der Waals surface area contributed by atoms with E-state index in [2.05, 4.69) is 24.1 Å². The van der Waals surface area contributed by atoms with E-state index >= 15 is 0 Å². The van der Waals surface area contributed by atoms with Crippen molar-refractivity contribution in [3.05, 3.63) is 0 Å². The molecule has 0 saturated carbocycles. The van der Waals surface area contributed by atoms with Crippen molar-refractivity contribution in [2.45, 2.75) is 64.7 Å². The van der Waals surface area contributed by atoms with E-state index in [0.717, 1.165) is 32.4 Å². The summed E-state index contributed by atoms with van der Waals surface area (Å²) in [5, 5.41) is 3.05. The maximum atomic E-state index is 12.3. The van der Waals surface area contributed by atoms with Crippen LogP contribution in [0.2, 0.25) is 0 Å². The summed E-state index contributed by atoms with van der Waals surface area (Å²) in [6.07, 6.45) is 3.35. The third-order valence-electron chi connectivity index (χ3n) is 4.50. The first-order valence-corrected chi connectivity index (χ1v) is 7.44. The number of nitrogens with zero attached hydrogens (tertiary/aromatic N) is 2. The molecule has 2 aliphatic heterocycles. The topological polar surface area (TPSA) is 52.7 Å². The minimum Gasteiger partial charge on any atom is -0.339 e. The molecule has 0 aromatic rings. The van der Waals surface area contributed by atoms with Gasteiger partial charge in [-0.2, -0.15) is 0 Å². The van der Waals surface area contributed by atoms with Gasteiger partial charge in [-0.3, -0.25) is 14.5 Å². The third kappa shape index (κ3) is 2.76. The van der Waals surface area contributed by atoms with Crippen molar-refractivity contribution in [2.24, 2.45) is 0 Å². The Balaban J connectivity index is 1.95. The average Bonchev–Trinajstić information content (AvgIpc) is 2.94. The van der Waals surface area contributed by atoms with Gasteiger partial charge in [0.1, 0.15) is 6.04 Å². The van der Waals surface area contributed by atoms with E-state index in [1.807, 2.05) is 11.8 Å². The highest BCUT2D eigenvalue weighted by Gasteiger charge is 2.44. The van der Waals surface area contributed by atoms with Crippen LogP contribution < -0.4 is 5.32 Å². The zero-order chi connectivity index (χ0) is 14.0. The SMILES string of the molecule is CCN(CC)C(C)NC(=O)C1CCC2CCC(=O)N21. The maximum Gasteiger partial charge on any atom is 0.244 e. The number of hydrogen-bond acceptors (Lipinski definition) is 3. The Morgan fingerprint density at radius 2 is 2.05 bits per heavy atom. The smallest absolute Gasteiger partial charge is 0.244 e. The standard InChI is InChI=1S/C14H25N3O2/c1-4-16(5-2)10(3)15-14(19)12-8-6-11-7-9-13(18)17(11)12/h10-12H,4-9H2,1-3H3,(H,15,19). The normalized spacial score (nSPS) is 27.8. The van der Waals surface area contributed by atoms with Gasteiger partial charge in [-0.15, -0.1) is 0 Å². The number of carbonyl (C=O) groups is 2. The first kappa shape index (κ1) is 14.3. The van der Waals surface area contributed by atoms with Crippen LogP contribution >= 0.6 is 0 Å². The second kappa shape index (κ2) is 5.90. The first-order chi connectivity index (χ1) is 9.08. The Morgan fingerprint density at radius 3 is 2.68 bits per heavy atom. The number of amides is 2. The lowest BCUT2D eigenvalue weighted by atomic mass is 10.1. The van der Waals surface area contributed by atoms with Gasteiger partial charge < -0.3 is 10.2 Å². The van der Waals surface area contributed by atoms with E-state index in [4.69, 9.17) is 0 Å². The molecule has 2 heterocycles. The highest BCUT2D eigenvalue weighted by atomic mass is 16.2. The lowest BCUT2D eigenvalue weighted by Crippen LogP contribution is -2.52. The van der Waals surface area contributed by atoms with E-state index in [1.54, 1.807) is 0 Å². The van der Waals surface area contributed by atoms with Crippen molar-refractivity contribution in [1.29, 1.82) is 0 Å². The Hall–Kier alpha value is -1.10. The van der Waals surface area contributed by atoms with Crippen LogP contribution in [0, 0.1) is 0 Å². The fraction of sp³-hybridized carbons (Fsp3) is 0.857. The predicted molar refractivity (Wildman–Crippen MR) is 73.4 cm³/mol. The van der Waals surface area contributed by atoms with Gasteiger partial charge in [0.25, 0.3) is 0 Å². The Bertz CT molecular complexity index is 355. The van der Waals surface area contributed by atoms with Gasteiger partial charge in [0.05, 0.1) is 6.17 Å². The van der Waals surface area contributed by atoms with E-state index in [-0.39, 0.29) is 24.0 Å². The van der Waals surface area contributed by atoms with E-state index < -0.39 is 0 Å². The molecule has 5 nitrogen and oxygen atoms in total. The molecule has 1 N–H and O–H groups in total. The third-order valence-corrected chi connectivity index (χ3v) is 4.50. The number of rotatable bonds is 5. The molecule has 0 radical (unpaired) electrons. The summed E-state index contributed by atoms with van der Waals surface area (Å²) >= 11 is 0. The number of fused-ring (bicyclic) bond motifs is 1. The van der Waals surface area contributed by atoms with Crippen LogP contribution in [-0.2, 0) is 9.59 Å². The molecule has 2 aliphatic rings. The molecule has 108 valence electrons. The molecule has 5 heteroatoms. The molecule has 0 aromatic carbocycles. The average molecular weight is 267 g/mol. The fourth-order valence-electron chi connectivity index (χ4n) is 3.39. The van der Waals surface area contributed by atoms with Gasteiger partial charge in [-0.25, -0.2) is 0 Å². The highest BCUT2D eigenvalue weighted by molar-refractivity contribution is 5.89. The molecule has 0 aliphatic carbocycles. The summed E-state index contributed by atoms with van der Waals surface area (Å²) in [6.45, 7) is 7.99. The monoisotopic (exact) mass is 267 g/mol. The van der Waals surface area contributed by atoms with Gasteiger partial charge in [0.15, 0.2) is 0 Å². The fourth-order valence-corrected chi connectivity index (χ4v) is 3.39. The molecule has 3 unspecified atom stereocenters. The van der Waals surface area contributed by atoms with Crippen LogP contribution in [0.5, 0.6) is 0 Å². The number of nitrogens with one attached hydrogen (secondary N) is 1. The molecular formula is C14H25N3O2. The zero-order valence-corrected chi connectivity index (χ0v) is 12.2. The van der Waals surface area contributed by atoms with Crippen molar-refractivity contribution in [2.75, 3.05) is 13.1 Å². The quantitative estimate of drug-likeness (QED) is 0.754. The summed E-state index contributed by atoms with van der Waals surface area (Å²) < 4.78 is 0. The van der Waals surface area contributed by atoms with Crippen molar-refractivity contribution in [3.63, 3.8) is 0 Å². The molecule has 0 aromatic heterocycles. The van der Waals surface area contributed by atoms with Crippen molar-refractivity contribution in [1.82, 2.24) is 15.1 Å². The Kier molecular flexibility index (Phi) is 4.45. The first-order valence-electron chi connectivity index (χ1n) is 7.44. The van der Waals surface area contributed by atoms with Gasteiger partial charge in [0.2, 0.25) is 11.8 Å². The minimum absolute atomic E-state index is 0.0113. The summed E-state index contributed by atoms with van der Waals surface area (Å²) in [4.78, 5) is 28.2. The van der Waals surface area contributed by atoms with Gasteiger partial charge in [-0.05, 0) is 39.3 Å². The lowest BCUT2D eigenvalue weighted by molar-refractivity contribution is -0.137. The predicted octanol–water partition coefficient (Wildman–Crippen LogP) is 0.944. The van der Waals surface area contributed by atoms with Crippen LogP contribution in [-0.4, -0.2) is 53.0 Å². The van der Waals surface area contributed by atoms with Crippen molar-refractivity contribution >= 4 is 11.8 Å². The van der Waals surface area contributed by atoms with Gasteiger partial charge in [-0.1, -0.05) is 13.8 Å². The van der Waals surface area contributed by atoms with E-state index in [1.165, 1.54) is 0 Å². The molecule has 2 saturated heterocycles. The summed E-state index contributed by atoms with van der Waals surface area (Å²) in [5.74, 6) is 0.162. The van der Waals surface area contributed by atoms with Crippen molar-refractivity contribution in [3.8, 4) is 0 Å². The molecule has 0 bridgehead atoms. The Morgan fingerprint density at radius 1 is 1.37 bits per heavy atom. The van der Waals surface area contributed by atoms with Crippen LogP contribution in [0.4, 0.5) is 0 Å². The van der Waals surface area contributed by atoms with Crippen molar-refractivity contribution < 1.29 is 9.59 Å². The minimum atomic E-state index is -0.238.